The molecule has 0 unspecified atom stereocenters. The first-order chi connectivity index (χ1) is 10.6. The number of ether oxygens (including phenoxy) is 1. The topological polar surface area (TPSA) is 68.3 Å². The van der Waals surface area contributed by atoms with Gasteiger partial charge in [0.25, 0.3) is 5.91 Å². The van der Waals surface area contributed by atoms with Gasteiger partial charge in [-0.1, -0.05) is 12.1 Å². The van der Waals surface area contributed by atoms with Gasteiger partial charge in [-0.25, -0.2) is 9.78 Å². The molecule has 0 aliphatic heterocycles. The number of esters is 1. The highest BCUT2D eigenvalue weighted by Gasteiger charge is 2.13. The minimum Gasteiger partial charge on any atom is -0.461 e. The zero-order valence-electron chi connectivity index (χ0n) is 12.3. The lowest BCUT2D eigenvalue weighted by atomic mass is 10.1. The van der Waals surface area contributed by atoms with E-state index in [2.05, 4.69) is 10.3 Å². The number of nitrogens with zero attached hydrogens (tertiary/aromatic N) is 1. The third-order valence-electron chi connectivity index (χ3n) is 2.74. The first kappa shape index (κ1) is 16.5. The minimum atomic E-state index is -0.485. The maximum absolute atomic E-state index is 12.1. The molecular formula is C15H16N2O3S2. The van der Waals surface area contributed by atoms with E-state index in [1.165, 1.54) is 16.9 Å². The molecule has 0 saturated carbocycles. The number of carbonyl (C=O) groups excluding carboxylic acids is 2. The summed E-state index contributed by atoms with van der Waals surface area (Å²) in [6, 6.07) is 7.41. The summed E-state index contributed by atoms with van der Waals surface area (Å²) >= 11 is 2.92. The molecule has 0 saturated heterocycles. The predicted octanol–water partition coefficient (Wildman–Crippen LogP) is 3.44. The van der Waals surface area contributed by atoms with Crippen LogP contribution in [0.5, 0.6) is 0 Å². The molecule has 1 amide bonds. The van der Waals surface area contributed by atoms with Crippen LogP contribution in [0.4, 0.5) is 5.13 Å². The second-order valence-corrected chi connectivity index (χ2v) is 6.07. The van der Waals surface area contributed by atoms with E-state index in [-0.39, 0.29) is 11.6 Å². The van der Waals surface area contributed by atoms with Crippen molar-refractivity contribution in [3.8, 4) is 0 Å². The van der Waals surface area contributed by atoms with Gasteiger partial charge in [-0.2, -0.15) is 11.8 Å². The minimum absolute atomic E-state index is 0.206. The molecule has 7 heteroatoms. The predicted molar refractivity (Wildman–Crippen MR) is 89.7 cm³/mol. The summed E-state index contributed by atoms with van der Waals surface area (Å²) in [5.41, 5.74) is 1.93. The molecule has 0 atom stereocenters. The highest BCUT2D eigenvalue weighted by atomic mass is 32.2. The molecule has 1 N–H and O–H groups in total. The number of hydrogen-bond donors (Lipinski definition) is 1. The number of amides is 1. The van der Waals surface area contributed by atoms with Crippen molar-refractivity contribution in [2.75, 3.05) is 18.2 Å². The van der Waals surface area contributed by atoms with Crippen molar-refractivity contribution < 1.29 is 14.3 Å². The molecule has 0 bridgehead atoms. The van der Waals surface area contributed by atoms with Crippen molar-refractivity contribution in [2.45, 2.75) is 12.7 Å². The van der Waals surface area contributed by atoms with E-state index in [1.807, 2.05) is 18.4 Å². The van der Waals surface area contributed by atoms with E-state index < -0.39 is 5.97 Å². The zero-order chi connectivity index (χ0) is 15.9. The van der Waals surface area contributed by atoms with E-state index in [4.69, 9.17) is 4.74 Å². The molecule has 1 heterocycles. The SMILES string of the molecule is CCOC(=O)c1csc(NC(=O)c2ccc(CSC)cc2)n1. The Bertz CT molecular complexity index is 653. The first-order valence-electron chi connectivity index (χ1n) is 6.66. The van der Waals surface area contributed by atoms with E-state index in [9.17, 15) is 9.59 Å². The molecule has 2 aromatic rings. The zero-order valence-corrected chi connectivity index (χ0v) is 13.9. The van der Waals surface area contributed by atoms with Crippen LogP contribution in [0.25, 0.3) is 0 Å². The Hall–Kier alpha value is -1.86. The fourth-order valence-corrected chi connectivity index (χ4v) is 2.92. The van der Waals surface area contributed by atoms with Gasteiger partial charge >= 0.3 is 5.97 Å². The van der Waals surface area contributed by atoms with Crippen molar-refractivity contribution in [1.29, 1.82) is 0 Å². The maximum atomic E-state index is 12.1. The van der Waals surface area contributed by atoms with Gasteiger partial charge in [0.15, 0.2) is 10.8 Å². The van der Waals surface area contributed by atoms with Crippen LogP contribution in [0.15, 0.2) is 29.6 Å². The van der Waals surface area contributed by atoms with Crippen molar-refractivity contribution in [3.63, 3.8) is 0 Å². The van der Waals surface area contributed by atoms with Gasteiger partial charge in [0.2, 0.25) is 0 Å². The molecule has 0 fully saturated rings. The van der Waals surface area contributed by atoms with Crippen LogP contribution >= 0.6 is 23.1 Å². The van der Waals surface area contributed by atoms with Gasteiger partial charge in [0.05, 0.1) is 6.61 Å². The number of nitrogens with one attached hydrogen (secondary N) is 1. The molecule has 116 valence electrons. The van der Waals surface area contributed by atoms with Gasteiger partial charge in [-0.3, -0.25) is 10.1 Å². The van der Waals surface area contributed by atoms with Crippen molar-refractivity contribution in [1.82, 2.24) is 4.98 Å². The quantitative estimate of drug-likeness (QED) is 0.819. The fraction of sp³-hybridized carbons (Fsp3) is 0.267. The molecule has 22 heavy (non-hydrogen) atoms. The Morgan fingerprint density at radius 2 is 2.05 bits per heavy atom. The fourth-order valence-electron chi connectivity index (χ4n) is 1.72. The number of aromatic nitrogens is 1. The molecule has 0 aliphatic rings. The summed E-state index contributed by atoms with van der Waals surface area (Å²) in [5, 5.41) is 4.62. The van der Waals surface area contributed by atoms with Crippen molar-refractivity contribution >= 4 is 40.1 Å². The summed E-state index contributed by atoms with van der Waals surface area (Å²) in [6.45, 7) is 2.02. The van der Waals surface area contributed by atoms with E-state index in [0.29, 0.717) is 17.3 Å². The largest absolute Gasteiger partial charge is 0.461 e. The van der Waals surface area contributed by atoms with Gasteiger partial charge in [-0.15, -0.1) is 11.3 Å². The third kappa shape index (κ3) is 4.32. The second-order valence-electron chi connectivity index (χ2n) is 4.34. The molecule has 0 radical (unpaired) electrons. The average molecular weight is 336 g/mol. The molecule has 1 aromatic heterocycles. The lowest BCUT2D eigenvalue weighted by Gasteiger charge is -2.03. The van der Waals surface area contributed by atoms with E-state index in [1.54, 1.807) is 36.2 Å². The maximum Gasteiger partial charge on any atom is 0.357 e. The summed E-state index contributed by atoms with van der Waals surface area (Å²) in [5.74, 6) is 0.179. The summed E-state index contributed by atoms with van der Waals surface area (Å²) in [7, 11) is 0. The number of hydrogen-bond acceptors (Lipinski definition) is 6. The molecule has 2 rings (SSSR count). The highest BCUT2D eigenvalue weighted by Crippen LogP contribution is 2.18. The van der Waals surface area contributed by atoms with Crippen LogP contribution in [-0.2, 0) is 10.5 Å². The van der Waals surface area contributed by atoms with Crippen LogP contribution in [-0.4, -0.2) is 29.7 Å². The number of thioether (sulfide) groups is 1. The molecule has 5 nitrogen and oxygen atoms in total. The number of anilines is 1. The Kier molecular flexibility index (Phi) is 5.97. The van der Waals surface area contributed by atoms with Crippen LogP contribution in [0.1, 0.15) is 33.3 Å². The normalized spacial score (nSPS) is 10.3. The van der Waals surface area contributed by atoms with E-state index >= 15 is 0 Å². The average Bonchev–Trinajstić information content (AvgIpc) is 2.97. The molecule has 1 aromatic carbocycles. The molecule has 0 spiro atoms. The van der Waals surface area contributed by atoms with Crippen LogP contribution in [0.3, 0.4) is 0 Å². The monoisotopic (exact) mass is 336 g/mol. The Morgan fingerprint density at radius 3 is 2.68 bits per heavy atom. The Labute approximate surface area is 137 Å². The van der Waals surface area contributed by atoms with Crippen molar-refractivity contribution in [3.05, 3.63) is 46.5 Å². The number of rotatable bonds is 6. The Morgan fingerprint density at radius 1 is 1.32 bits per heavy atom. The van der Waals surface area contributed by atoms with Gasteiger partial charge in [0, 0.05) is 16.7 Å². The lowest BCUT2D eigenvalue weighted by molar-refractivity contribution is 0.0520. The first-order valence-corrected chi connectivity index (χ1v) is 8.93. The van der Waals surface area contributed by atoms with Crippen LogP contribution in [0.2, 0.25) is 0 Å². The lowest BCUT2D eigenvalue weighted by Crippen LogP contribution is -2.12. The number of carbonyl (C=O) groups is 2. The summed E-state index contributed by atoms with van der Waals surface area (Å²) < 4.78 is 4.86. The number of benzene rings is 1. The molecule has 0 aliphatic carbocycles. The second kappa shape index (κ2) is 7.95. The summed E-state index contributed by atoms with van der Waals surface area (Å²) in [4.78, 5) is 27.7. The Balaban J connectivity index is 2.01. The standard InChI is InChI=1S/C15H16N2O3S2/c1-3-20-14(19)12-9-22-15(16-12)17-13(18)11-6-4-10(5-7-11)8-21-2/h4-7,9H,3,8H2,1-2H3,(H,16,17,18). The summed E-state index contributed by atoms with van der Waals surface area (Å²) in [6.07, 6.45) is 2.03. The molecular weight excluding hydrogens is 320 g/mol. The highest BCUT2D eigenvalue weighted by molar-refractivity contribution is 7.97. The van der Waals surface area contributed by atoms with Crippen LogP contribution in [0, 0.1) is 0 Å². The van der Waals surface area contributed by atoms with Crippen LogP contribution < -0.4 is 5.32 Å². The smallest absolute Gasteiger partial charge is 0.357 e. The van der Waals surface area contributed by atoms with Crippen molar-refractivity contribution in [2.24, 2.45) is 0 Å². The van der Waals surface area contributed by atoms with Gasteiger partial charge in [0.1, 0.15) is 0 Å². The van der Waals surface area contributed by atoms with E-state index in [0.717, 1.165) is 5.75 Å². The van der Waals surface area contributed by atoms with Gasteiger partial charge in [-0.05, 0) is 30.9 Å². The van der Waals surface area contributed by atoms with Gasteiger partial charge < -0.3 is 4.74 Å². The number of thiazole rings is 1. The third-order valence-corrected chi connectivity index (χ3v) is 4.12.